The van der Waals surface area contributed by atoms with Crippen molar-refractivity contribution in [3.8, 4) is 0 Å². The van der Waals surface area contributed by atoms with E-state index in [9.17, 15) is 17.6 Å². The lowest BCUT2D eigenvalue weighted by atomic mass is 10.2. The molecule has 1 aliphatic rings. The molecule has 5 nitrogen and oxygen atoms in total. The maximum absolute atomic E-state index is 13.2. The van der Waals surface area contributed by atoms with Gasteiger partial charge in [-0.2, -0.15) is 4.31 Å². The first-order valence-corrected chi connectivity index (χ1v) is 10.5. The van der Waals surface area contributed by atoms with Crippen molar-refractivity contribution in [2.75, 3.05) is 26.2 Å². The summed E-state index contributed by atoms with van der Waals surface area (Å²) in [5.41, 5.74) is 0.173. The van der Waals surface area contributed by atoms with Crippen LogP contribution in [0.3, 0.4) is 0 Å². The van der Waals surface area contributed by atoms with Crippen LogP contribution in [-0.4, -0.2) is 49.7 Å². The van der Waals surface area contributed by atoms with Gasteiger partial charge in [0.25, 0.3) is 5.91 Å². The average Bonchev–Trinajstić information content (AvgIpc) is 2.63. The largest absolute Gasteiger partial charge is 0.336 e. The standard InChI is InChI=1S/C17H14Cl3FN2O3S/c18-11-1-4-14(19)16(9-11)27(25,26)23-7-5-22(6-8-23)17(24)13-3-2-12(21)10-15(13)20/h1-4,9-10H,5-8H2. The Hall–Kier alpha value is -1.38. The summed E-state index contributed by atoms with van der Waals surface area (Å²) in [6, 6.07) is 7.76. The number of nitrogens with zero attached hydrogens (tertiary/aromatic N) is 2. The van der Waals surface area contributed by atoms with E-state index in [0.717, 1.165) is 12.1 Å². The van der Waals surface area contributed by atoms with E-state index in [1.807, 2.05) is 0 Å². The number of rotatable bonds is 3. The first-order chi connectivity index (χ1) is 12.7. The van der Waals surface area contributed by atoms with Crippen molar-refractivity contribution in [1.29, 1.82) is 0 Å². The molecule has 0 N–H and O–H groups in total. The van der Waals surface area contributed by atoms with Crippen LogP contribution < -0.4 is 0 Å². The van der Waals surface area contributed by atoms with Crippen LogP contribution in [-0.2, 0) is 10.0 Å². The highest BCUT2D eigenvalue weighted by molar-refractivity contribution is 7.89. The lowest BCUT2D eigenvalue weighted by Crippen LogP contribution is -2.50. The first kappa shape index (κ1) is 20.4. The van der Waals surface area contributed by atoms with Crippen LogP contribution in [0.4, 0.5) is 4.39 Å². The van der Waals surface area contributed by atoms with Gasteiger partial charge in [0.05, 0.1) is 15.6 Å². The third kappa shape index (κ3) is 4.22. The van der Waals surface area contributed by atoms with Crippen molar-refractivity contribution < 1.29 is 17.6 Å². The molecule has 1 amide bonds. The lowest BCUT2D eigenvalue weighted by Gasteiger charge is -2.34. The number of amides is 1. The fraction of sp³-hybridized carbons (Fsp3) is 0.235. The highest BCUT2D eigenvalue weighted by Crippen LogP contribution is 2.28. The molecular formula is C17H14Cl3FN2O3S. The van der Waals surface area contributed by atoms with Gasteiger partial charge in [-0.25, -0.2) is 12.8 Å². The quantitative estimate of drug-likeness (QED) is 0.710. The minimum atomic E-state index is -3.84. The molecule has 1 heterocycles. The number of hydrogen-bond donors (Lipinski definition) is 0. The van der Waals surface area contributed by atoms with E-state index in [-0.39, 0.29) is 57.6 Å². The molecule has 0 radical (unpaired) electrons. The summed E-state index contributed by atoms with van der Waals surface area (Å²) >= 11 is 17.8. The SMILES string of the molecule is O=C(c1ccc(F)cc1Cl)N1CCN(S(=O)(=O)c2cc(Cl)ccc2Cl)CC1. The van der Waals surface area contributed by atoms with Crippen LogP contribution in [0.1, 0.15) is 10.4 Å². The second kappa shape index (κ2) is 7.93. The van der Waals surface area contributed by atoms with Crippen molar-refractivity contribution in [2.45, 2.75) is 4.90 Å². The normalized spacial score (nSPS) is 15.8. The molecule has 0 saturated carbocycles. The van der Waals surface area contributed by atoms with E-state index < -0.39 is 15.8 Å². The van der Waals surface area contributed by atoms with Crippen molar-refractivity contribution >= 4 is 50.7 Å². The van der Waals surface area contributed by atoms with Crippen LogP contribution in [0.5, 0.6) is 0 Å². The molecule has 0 aliphatic carbocycles. The van der Waals surface area contributed by atoms with E-state index in [0.29, 0.717) is 0 Å². The molecular weight excluding hydrogens is 438 g/mol. The van der Waals surface area contributed by atoms with E-state index in [1.165, 1.54) is 33.5 Å². The van der Waals surface area contributed by atoms with Crippen LogP contribution in [0.2, 0.25) is 15.1 Å². The first-order valence-electron chi connectivity index (χ1n) is 7.89. The fourth-order valence-electron chi connectivity index (χ4n) is 2.78. The minimum absolute atomic E-state index is 0.0146. The Bertz CT molecular complexity index is 993. The highest BCUT2D eigenvalue weighted by atomic mass is 35.5. The molecule has 1 saturated heterocycles. The van der Waals surface area contributed by atoms with Crippen molar-refractivity contribution in [3.63, 3.8) is 0 Å². The Balaban J connectivity index is 1.75. The van der Waals surface area contributed by atoms with Crippen LogP contribution in [0.15, 0.2) is 41.3 Å². The van der Waals surface area contributed by atoms with E-state index in [4.69, 9.17) is 34.8 Å². The minimum Gasteiger partial charge on any atom is -0.336 e. The van der Waals surface area contributed by atoms with Crippen LogP contribution >= 0.6 is 34.8 Å². The smallest absolute Gasteiger partial charge is 0.255 e. The van der Waals surface area contributed by atoms with Gasteiger partial charge in [0.15, 0.2) is 0 Å². The number of hydrogen-bond acceptors (Lipinski definition) is 3. The summed E-state index contributed by atoms with van der Waals surface area (Å²) in [5.74, 6) is -0.913. The molecule has 0 atom stereocenters. The number of benzene rings is 2. The Morgan fingerprint density at radius 2 is 1.59 bits per heavy atom. The van der Waals surface area contributed by atoms with Gasteiger partial charge in [-0.3, -0.25) is 4.79 Å². The molecule has 144 valence electrons. The third-order valence-electron chi connectivity index (χ3n) is 4.20. The maximum atomic E-state index is 13.2. The predicted octanol–water partition coefficient (Wildman–Crippen LogP) is 3.93. The lowest BCUT2D eigenvalue weighted by molar-refractivity contribution is 0.0698. The summed E-state index contributed by atoms with van der Waals surface area (Å²) < 4.78 is 40.0. The number of carbonyl (C=O) groups is 1. The molecule has 10 heteroatoms. The molecule has 1 aliphatic heterocycles. The van der Waals surface area contributed by atoms with Crippen LogP contribution in [0.25, 0.3) is 0 Å². The fourth-order valence-corrected chi connectivity index (χ4v) is 5.19. The second-order valence-corrected chi connectivity index (χ2v) is 9.05. The zero-order valence-electron chi connectivity index (χ0n) is 13.8. The summed E-state index contributed by atoms with van der Waals surface area (Å²) in [7, 11) is -3.84. The summed E-state index contributed by atoms with van der Waals surface area (Å²) in [6.07, 6.45) is 0. The van der Waals surface area contributed by atoms with Crippen molar-refractivity contribution in [1.82, 2.24) is 9.21 Å². The highest BCUT2D eigenvalue weighted by Gasteiger charge is 2.32. The van der Waals surface area contributed by atoms with Crippen molar-refractivity contribution in [3.05, 3.63) is 62.8 Å². The summed E-state index contributed by atoms with van der Waals surface area (Å²) in [4.78, 5) is 14.0. The Morgan fingerprint density at radius 3 is 2.22 bits per heavy atom. The zero-order chi connectivity index (χ0) is 19.8. The maximum Gasteiger partial charge on any atom is 0.255 e. The van der Waals surface area contributed by atoms with E-state index in [2.05, 4.69) is 0 Å². The van der Waals surface area contributed by atoms with E-state index in [1.54, 1.807) is 0 Å². The van der Waals surface area contributed by atoms with Gasteiger partial charge < -0.3 is 4.90 Å². The molecule has 1 fully saturated rings. The van der Waals surface area contributed by atoms with Gasteiger partial charge in [0, 0.05) is 31.2 Å². The Morgan fingerprint density at radius 1 is 0.926 bits per heavy atom. The van der Waals surface area contributed by atoms with Gasteiger partial charge >= 0.3 is 0 Å². The molecule has 27 heavy (non-hydrogen) atoms. The van der Waals surface area contributed by atoms with Crippen molar-refractivity contribution in [2.24, 2.45) is 0 Å². The summed E-state index contributed by atoms with van der Waals surface area (Å²) in [5, 5.41) is 0.356. The molecule has 0 unspecified atom stereocenters. The molecule has 0 spiro atoms. The topological polar surface area (TPSA) is 57.7 Å². The number of halogens is 4. The van der Waals surface area contributed by atoms with Gasteiger partial charge in [0.2, 0.25) is 10.0 Å². The molecule has 3 rings (SSSR count). The third-order valence-corrected chi connectivity index (χ3v) is 7.13. The van der Waals surface area contributed by atoms with Gasteiger partial charge in [-0.15, -0.1) is 0 Å². The number of sulfonamides is 1. The van der Waals surface area contributed by atoms with Gasteiger partial charge in [0.1, 0.15) is 10.7 Å². The Kier molecular flexibility index (Phi) is 5.98. The van der Waals surface area contributed by atoms with Crippen LogP contribution in [0, 0.1) is 5.82 Å². The zero-order valence-corrected chi connectivity index (χ0v) is 16.9. The van der Waals surface area contributed by atoms with Gasteiger partial charge in [-0.05, 0) is 36.4 Å². The molecule has 0 aromatic heterocycles. The average molecular weight is 452 g/mol. The Labute approximate surface area is 171 Å². The molecule has 2 aromatic carbocycles. The monoisotopic (exact) mass is 450 g/mol. The second-order valence-electron chi connectivity index (χ2n) is 5.90. The van der Waals surface area contributed by atoms with E-state index >= 15 is 0 Å². The molecule has 2 aromatic rings. The van der Waals surface area contributed by atoms with Gasteiger partial charge in [-0.1, -0.05) is 34.8 Å². The number of carbonyl (C=O) groups excluding carboxylic acids is 1. The molecule has 0 bridgehead atoms. The summed E-state index contributed by atoms with van der Waals surface area (Å²) in [6.45, 7) is 0.527. The predicted molar refractivity (Wildman–Crippen MR) is 103 cm³/mol. The number of piperazine rings is 1.